The number of carbonyl (C=O) groups is 1. The molecule has 2 aliphatic rings. The van der Waals surface area contributed by atoms with E-state index >= 15 is 0 Å². The van der Waals surface area contributed by atoms with Gasteiger partial charge in [-0.25, -0.2) is 4.79 Å². The molecule has 0 unspecified atom stereocenters. The number of hydrogen-bond donors (Lipinski definition) is 2. The Morgan fingerprint density at radius 3 is 2.33 bits per heavy atom. The standard InChI is InChI=1S/C15H23N5O/c16-13-1-3-14(4-2-13)19-10-7-18(8-11-19)9-12-20-6-5-17-15(20)21/h1-4H,5-12,16H2,(H,17,21). The summed E-state index contributed by atoms with van der Waals surface area (Å²) < 4.78 is 0. The van der Waals surface area contributed by atoms with Gasteiger partial charge in [0.15, 0.2) is 0 Å². The molecule has 2 heterocycles. The van der Waals surface area contributed by atoms with Crippen LogP contribution in [-0.2, 0) is 0 Å². The first-order chi connectivity index (χ1) is 10.2. The Hall–Kier alpha value is -1.95. The van der Waals surface area contributed by atoms with Gasteiger partial charge in [-0.05, 0) is 24.3 Å². The molecule has 3 N–H and O–H groups in total. The molecule has 114 valence electrons. The van der Waals surface area contributed by atoms with Gasteiger partial charge < -0.3 is 20.9 Å². The summed E-state index contributed by atoms with van der Waals surface area (Å²) in [5.74, 6) is 0. The molecule has 0 atom stereocenters. The molecule has 0 aromatic heterocycles. The summed E-state index contributed by atoms with van der Waals surface area (Å²) in [5.41, 5.74) is 7.77. The van der Waals surface area contributed by atoms with E-state index in [1.54, 1.807) is 0 Å². The van der Waals surface area contributed by atoms with E-state index in [1.165, 1.54) is 5.69 Å². The molecule has 21 heavy (non-hydrogen) atoms. The van der Waals surface area contributed by atoms with Crippen LogP contribution in [0, 0.1) is 0 Å². The van der Waals surface area contributed by atoms with Crippen LogP contribution in [0.4, 0.5) is 16.2 Å². The van der Waals surface area contributed by atoms with E-state index in [0.29, 0.717) is 0 Å². The van der Waals surface area contributed by atoms with E-state index in [4.69, 9.17) is 5.73 Å². The van der Waals surface area contributed by atoms with Crippen molar-refractivity contribution in [3.05, 3.63) is 24.3 Å². The SMILES string of the molecule is Nc1ccc(N2CCN(CCN3CCNC3=O)CC2)cc1. The number of nitrogens with two attached hydrogens (primary N) is 1. The number of amides is 2. The van der Waals surface area contributed by atoms with E-state index in [2.05, 4.69) is 27.2 Å². The minimum Gasteiger partial charge on any atom is -0.399 e. The van der Waals surface area contributed by atoms with E-state index in [0.717, 1.165) is 58.0 Å². The zero-order valence-electron chi connectivity index (χ0n) is 12.3. The molecule has 1 aromatic rings. The van der Waals surface area contributed by atoms with Crippen LogP contribution in [-0.4, -0.2) is 68.2 Å². The fourth-order valence-electron chi connectivity index (χ4n) is 2.90. The number of piperazine rings is 1. The first-order valence-corrected chi connectivity index (χ1v) is 7.58. The van der Waals surface area contributed by atoms with Crippen LogP contribution in [0.5, 0.6) is 0 Å². The van der Waals surface area contributed by atoms with E-state index in [-0.39, 0.29) is 6.03 Å². The first-order valence-electron chi connectivity index (χ1n) is 7.58. The Kier molecular flexibility index (Phi) is 4.15. The third-order valence-electron chi connectivity index (χ3n) is 4.26. The van der Waals surface area contributed by atoms with E-state index in [1.807, 2.05) is 17.0 Å². The van der Waals surface area contributed by atoms with Gasteiger partial charge in [0, 0.05) is 63.7 Å². The molecule has 2 amide bonds. The predicted octanol–water partition coefficient (Wildman–Crippen LogP) is 0.416. The molecule has 3 rings (SSSR count). The molecule has 6 heteroatoms. The van der Waals surface area contributed by atoms with Crippen molar-refractivity contribution >= 4 is 17.4 Å². The maximum atomic E-state index is 11.5. The molecule has 6 nitrogen and oxygen atoms in total. The molecule has 0 saturated carbocycles. The fraction of sp³-hybridized carbons (Fsp3) is 0.533. The molecule has 0 radical (unpaired) electrons. The number of carbonyl (C=O) groups excluding carboxylic acids is 1. The maximum Gasteiger partial charge on any atom is 0.317 e. The molecule has 0 aliphatic carbocycles. The first kappa shape index (κ1) is 14.0. The van der Waals surface area contributed by atoms with Crippen molar-refractivity contribution in [2.75, 3.05) is 63.0 Å². The Morgan fingerprint density at radius 2 is 1.71 bits per heavy atom. The minimum absolute atomic E-state index is 0.0792. The summed E-state index contributed by atoms with van der Waals surface area (Å²) in [7, 11) is 0. The van der Waals surface area contributed by atoms with Gasteiger partial charge in [0.05, 0.1) is 0 Å². The summed E-state index contributed by atoms with van der Waals surface area (Å²) in [6.07, 6.45) is 0. The second-order valence-corrected chi connectivity index (χ2v) is 5.64. The highest BCUT2D eigenvalue weighted by atomic mass is 16.2. The summed E-state index contributed by atoms with van der Waals surface area (Å²) in [5, 5.41) is 2.84. The third kappa shape index (κ3) is 3.39. The maximum absolute atomic E-state index is 11.5. The van der Waals surface area contributed by atoms with Crippen LogP contribution in [0.2, 0.25) is 0 Å². The fourth-order valence-corrected chi connectivity index (χ4v) is 2.90. The Labute approximate surface area is 125 Å². The second kappa shape index (κ2) is 6.22. The number of hydrogen-bond acceptors (Lipinski definition) is 4. The Balaban J connectivity index is 1.44. The third-order valence-corrected chi connectivity index (χ3v) is 4.26. The van der Waals surface area contributed by atoms with Crippen molar-refractivity contribution < 1.29 is 4.79 Å². The monoisotopic (exact) mass is 289 g/mol. The number of nitrogens with one attached hydrogen (secondary N) is 1. The number of urea groups is 1. The van der Waals surface area contributed by atoms with Crippen LogP contribution < -0.4 is 16.0 Å². The number of nitrogens with zero attached hydrogens (tertiary/aromatic N) is 3. The number of rotatable bonds is 4. The molecule has 2 fully saturated rings. The van der Waals surface area contributed by atoms with Crippen molar-refractivity contribution in [3.63, 3.8) is 0 Å². The van der Waals surface area contributed by atoms with Gasteiger partial charge in [-0.1, -0.05) is 0 Å². The van der Waals surface area contributed by atoms with Gasteiger partial charge in [-0.2, -0.15) is 0 Å². The number of benzene rings is 1. The quantitative estimate of drug-likeness (QED) is 0.788. The smallest absolute Gasteiger partial charge is 0.317 e. The molecule has 1 aromatic carbocycles. The number of nitrogen functional groups attached to an aromatic ring is 1. The summed E-state index contributed by atoms with van der Waals surface area (Å²) >= 11 is 0. The molecular formula is C15H23N5O. The van der Waals surface area contributed by atoms with Crippen LogP contribution in [0.15, 0.2) is 24.3 Å². The number of anilines is 2. The van der Waals surface area contributed by atoms with Gasteiger partial charge in [-0.15, -0.1) is 0 Å². The van der Waals surface area contributed by atoms with Gasteiger partial charge >= 0.3 is 6.03 Å². The molecule has 0 bridgehead atoms. The lowest BCUT2D eigenvalue weighted by Crippen LogP contribution is -2.48. The Bertz CT molecular complexity index is 481. The van der Waals surface area contributed by atoms with Gasteiger partial charge in [0.1, 0.15) is 0 Å². The normalized spacial score (nSPS) is 19.9. The molecule has 2 saturated heterocycles. The van der Waals surface area contributed by atoms with Crippen LogP contribution in [0.3, 0.4) is 0 Å². The van der Waals surface area contributed by atoms with Crippen molar-refractivity contribution in [3.8, 4) is 0 Å². The van der Waals surface area contributed by atoms with E-state index in [9.17, 15) is 4.79 Å². The van der Waals surface area contributed by atoms with E-state index < -0.39 is 0 Å². The lowest BCUT2D eigenvalue weighted by molar-refractivity contribution is 0.197. The van der Waals surface area contributed by atoms with Crippen molar-refractivity contribution in [1.29, 1.82) is 0 Å². The summed E-state index contributed by atoms with van der Waals surface area (Å²) in [6, 6.07) is 8.15. The highest BCUT2D eigenvalue weighted by Gasteiger charge is 2.21. The molecule has 2 aliphatic heterocycles. The molecule has 0 spiro atoms. The van der Waals surface area contributed by atoms with Gasteiger partial charge in [0.25, 0.3) is 0 Å². The summed E-state index contributed by atoms with van der Waals surface area (Å²) in [6.45, 7) is 7.54. The highest BCUT2D eigenvalue weighted by molar-refractivity contribution is 5.76. The Morgan fingerprint density at radius 1 is 1.00 bits per heavy atom. The van der Waals surface area contributed by atoms with Gasteiger partial charge in [0.2, 0.25) is 0 Å². The largest absolute Gasteiger partial charge is 0.399 e. The predicted molar refractivity (Wildman–Crippen MR) is 84.5 cm³/mol. The van der Waals surface area contributed by atoms with Crippen molar-refractivity contribution in [1.82, 2.24) is 15.1 Å². The second-order valence-electron chi connectivity index (χ2n) is 5.64. The zero-order chi connectivity index (χ0) is 14.7. The summed E-state index contributed by atoms with van der Waals surface area (Å²) in [4.78, 5) is 18.2. The van der Waals surface area contributed by atoms with Crippen molar-refractivity contribution in [2.24, 2.45) is 0 Å². The average molecular weight is 289 g/mol. The zero-order valence-corrected chi connectivity index (χ0v) is 12.3. The average Bonchev–Trinajstić information content (AvgIpc) is 2.92. The lowest BCUT2D eigenvalue weighted by Gasteiger charge is -2.36. The minimum atomic E-state index is 0.0792. The van der Waals surface area contributed by atoms with Crippen LogP contribution >= 0.6 is 0 Å². The highest BCUT2D eigenvalue weighted by Crippen LogP contribution is 2.18. The van der Waals surface area contributed by atoms with Crippen LogP contribution in [0.25, 0.3) is 0 Å². The topological polar surface area (TPSA) is 64.8 Å². The lowest BCUT2D eigenvalue weighted by atomic mass is 10.2. The van der Waals surface area contributed by atoms with Crippen LogP contribution in [0.1, 0.15) is 0 Å². The van der Waals surface area contributed by atoms with Crippen molar-refractivity contribution in [2.45, 2.75) is 0 Å². The molecular weight excluding hydrogens is 266 g/mol. The van der Waals surface area contributed by atoms with Gasteiger partial charge in [-0.3, -0.25) is 4.90 Å².